The molecule has 2 N–H and O–H groups in total. The molecule has 0 fully saturated rings. The van der Waals surface area contributed by atoms with Gasteiger partial charge in [-0.3, -0.25) is 9.59 Å². The molecule has 0 bridgehead atoms. The maximum Gasteiger partial charge on any atom is 0.394 e. The molecule has 6 heteroatoms. The first-order valence-corrected chi connectivity index (χ1v) is 5.72. The second-order valence-electron chi connectivity index (χ2n) is 4.98. The molecule has 0 unspecified atom stereocenters. The number of amides is 2. The van der Waals surface area contributed by atoms with Gasteiger partial charge in [0.2, 0.25) is 5.91 Å². The Bertz CT molecular complexity index is 592. The largest absolute Gasteiger partial charge is 0.474 e. The number of carboxylic acids is 1. The number of carboxylic acid groups (broad SMARTS) is 1. The summed E-state index contributed by atoms with van der Waals surface area (Å²) < 4.78 is 0. The van der Waals surface area contributed by atoms with Gasteiger partial charge in [-0.15, -0.1) is 0 Å². The molecular formula is C13H14N2O4. The monoisotopic (exact) mass is 262 g/mol. The molecule has 1 heterocycles. The van der Waals surface area contributed by atoms with E-state index in [0.717, 1.165) is 11.3 Å². The summed E-state index contributed by atoms with van der Waals surface area (Å²) in [5, 5.41) is 10.8. The highest BCUT2D eigenvalue weighted by molar-refractivity contribution is 6.36. The van der Waals surface area contributed by atoms with Crippen LogP contribution < -0.4 is 10.2 Å². The van der Waals surface area contributed by atoms with Gasteiger partial charge in [0, 0.05) is 18.4 Å². The molecule has 0 aromatic heterocycles. The molecule has 0 radical (unpaired) electrons. The first-order chi connectivity index (χ1) is 8.75. The Kier molecular flexibility index (Phi) is 2.81. The summed E-state index contributed by atoms with van der Waals surface area (Å²) in [6, 6.07) is 4.90. The van der Waals surface area contributed by atoms with E-state index in [0.29, 0.717) is 5.69 Å². The topological polar surface area (TPSA) is 86.7 Å². The van der Waals surface area contributed by atoms with Gasteiger partial charge in [0.1, 0.15) is 0 Å². The van der Waals surface area contributed by atoms with Crippen LogP contribution in [0.3, 0.4) is 0 Å². The van der Waals surface area contributed by atoms with Crippen molar-refractivity contribution in [1.29, 1.82) is 0 Å². The van der Waals surface area contributed by atoms with Gasteiger partial charge in [0.15, 0.2) is 0 Å². The minimum Gasteiger partial charge on any atom is -0.474 e. The number of aliphatic carboxylic acids is 1. The number of carbonyl (C=O) groups is 3. The van der Waals surface area contributed by atoms with Crippen molar-refractivity contribution in [3.05, 3.63) is 23.8 Å². The van der Waals surface area contributed by atoms with Gasteiger partial charge >= 0.3 is 11.9 Å². The zero-order valence-electron chi connectivity index (χ0n) is 10.9. The van der Waals surface area contributed by atoms with Gasteiger partial charge in [-0.05, 0) is 37.6 Å². The van der Waals surface area contributed by atoms with E-state index in [1.807, 2.05) is 0 Å². The van der Waals surface area contributed by atoms with Gasteiger partial charge in [0.05, 0.1) is 5.41 Å². The fraction of sp³-hybridized carbons (Fsp3) is 0.308. The standard InChI is InChI=1S/C13H14N2O4/c1-13(2)8-6-7(14-10(16)11(17)18)4-5-9(8)15(3)12(13)19/h4-6H,1-3H3,(H,14,16)(H,17,18). The number of anilines is 2. The highest BCUT2D eigenvalue weighted by Crippen LogP contribution is 2.41. The highest BCUT2D eigenvalue weighted by Gasteiger charge is 2.42. The molecule has 0 saturated carbocycles. The second kappa shape index (κ2) is 4.08. The Hall–Kier alpha value is -2.37. The lowest BCUT2D eigenvalue weighted by Crippen LogP contribution is -2.33. The summed E-state index contributed by atoms with van der Waals surface area (Å²) in [5.41, 5.74) is 1.21. The predicted octanol–water partition coefficient (Wildman–Crippen LogP) is 0.964. The Morgan fingerprint density at radius 2 is 1.95 bits per heavy atom. The summed E-state index contributed by atoms with van der Waals surface area (Å²) in [6.07, 6.45) is 0. The van der Waals surface area contributed by atoms with E-state index in [2.05, 4.69) is 5.32 Å². The predicted molar refractivity (Wildman–Crippen MR) is 69.1 cm³/mol. The molecule has 1 aliphatic heterocycles. The number of benzene rings is 1. The van der Waals surface area contributed by atoms with Crippen LogP contribution >= 0.6 is 0 Å². The molecule has 1 aromatic rings. The van der Waals surface area contributed by atoms with Crippen molar-refractivity contribution < 1.29 is 19.5 Å². The van der Waals surface area contributed by atoms with Crippen LogP contribution in [0.2, 0.25) is 0 Å². The van der Waals surface area contributed by atoms with Crippen LogP contribution in [0.4, 0.5) is 11.4 Å². The Balaban J connectivity index is 2.41. The van der Waals surface area contributed by atoms with Crippen LogP contribution in [0, 0.1) is 0 Å². The van der Waals surface area contributed by atoms with Crippen molar-refractivity contribution in [2.24, 2.45) is 0 Å². The van der Waals surface area contributed by atoms with Crippen molar-refractivity contribution in [3.8, 4) is 0 Å². The van der Waals surface area contributed by atoms with E-state index in [9.17, 15) is 14.4 Å². The lowest BCUT2D eigenvalue weighted by Gasteiger charge is -2.16. The zero-order chi connectivity index (χ0) is 14.4. The summed E-state index contributed by atoms with van der Waals surface area (Å²) in [5.74, 6) is -2.69. The fourth-order valence-electron chi connectivity index (χ4n) is 2.24. The normalized spacial score (nSPS) is 16.2. The highest BCUT2D eigenvalue weighted by atomic mass is 16.4. The molecule has 2 rings (SSSR count). The molecule has 0 aliphatic carbocycles. The van der Waals surface area contributed by atoms with Crippen LogP contribution in [0.15, 0.2) is 18.2 Å². The van der Waals surface area contributed by atoms with E-state index in [1.54, 1.807) is 44.0 Å². The number of fused-ring (bicyclic) bond motifs is 1. The van der Waals surface area contributed by atoms with Gasteiger partial charge < -0.3 is 15.3 Å². The minimum absolute atomic E-state index is 0.0378. The summed E-state index contributed by atoms with van der Waals surface area (Å²) in [6.45, 7) is 3.58. The average molecular weight is 262 g/mol. The van der Waals surface area contributed by atoms with Gasteiger partial charge in [0.25, 0.3) is 0 Å². The molecule has 6 nitrogen and oxygen atoms in total. The van der Waals surface area contributed by atoms with Crippen LogP contribution in [0.1, 0.15) is 19.4 Å². The second-order valence-corrected chi connectivity index (χ2v) is 4.98. The van der Waals surface area contributed by atoms with Gasteiger partial charge in [-0.25, -0.2) is 4.79 Å². The molecule has 0 atom stereocenters. The third-order valence-electron chi connectivity index (χ3n) is 3.32. The van der Waals surface area contributed by atoms with Crippen LogP contribution in [-0.4, -0.2) is 29.9 Å². The van der Waals surface area contributed by atoms with Crippen molar-refractivity contribution in [1.82, 2.24) is 0 Å². The zero-order valence-corrected chi connectivity index (χ0v) is 10.9. The quantitative estimate of drug-likeness (QED) is 0.738. The van der Waals surface area contributed by atoms with Crippen molar-refractivity contribution in [2.75, 3.05) is 17.3 Å². The van der Waals surface area contributed by atoms with Crippen LogP contribution in [0.5, 0.6) is 0 Å². The van der Waals surface area contributed by atoms with E-state index in [4.69, 9.17) is 5.11 Å². The molecular weight excluding hydrogens is 248 g/mol. The molecule has 100 valence electrons. The van der Waals surface area contributed by atoms with Crippen LogP contribution in [0.25, 0.3) is 0 Å². The number of nitrogens with one attached hydrogen (secondary N) is 1. The first kappa shape index (κ1) is 13.1. The SMILES string of the molecule is CN1C(=O)C(C)(C)c2cc(NC(=O)C(=O)O)ccc21. The lowest BCUT2D eigenvalue weighted by molar-refractivity contribution is -0.147. The maximum atomic E-state index is 12.1. The molecule has 19 heavy (non-hydrogen) atoms. The maximum absolute atomic E-state index is 12.1. The molecule has 2 amide bonds. The van der Waals surface area contributed by atoms with E-state index in [-0.39, 0.29) is 5.91 Å². The summed E-state index contributed by atoms with van der Waals surface area (Å²) in [7, 11) is 1.69. The molecule has 1 aliphatic rings. The molecule has 1 aromatic carbocycles. The summed E-state index contributed by atoms with van der Waals surface area (Å²) >= 11 is 0. The van der Waals surface area contributed by atoms with Crippen molar-refractivity contribution >= 4 is 29.2 Å². The van der Waals surface area contributed by atoms with Crippen LogP contribution in [-0.2, 0) is 19.8 Å². The Morgan fingerprint density at radius 3 is 2.53 bits per heavy atom. The number of hydrogen-bond donors (Lipinski definition) is 2. The number of hydrogen-bond acceptors (Lipinski definition) is 3. The van der Waals surface area contributed by atoms with E-state index >= 15 is 0 Å². The third kappa shape index (κ3) is 1.95. The smallest absolute Gasteiger partial charge is 0.394 e. The van der Waals surface area contributed by atoms with Crippen molar-refractivity contribution in [3.63, 3.8) is 0 Å². The summed E-state index contributed by atoms with van der Waals surface area (Å²) in [4.78, 5) is 35.2. The number of likely N-dealkylation sites (N-methyl/N-ethyl adjacent to an activating group) is 1. The number of rotatable bonds is 1. The van der Waals surface area contributed by atoms with E-state index in [1.165, 1.54) is 0 Å². The first-order valence-electron chi connectivity index (χ1n) is 5.72. The van der Waals surface area contributed by atoms with E-state index < -0.39 is 17.3 Å². The van der Waals surface area contributed by atoms with Crippen molar-refractivity contribution in [2.45, 2.75) is 19.3 Å². The number of nitrogens with zero attached hydrogens (tertiary/aromatic N) is 1. The lowest BCUT2D eigenvalue weighted by atomic mass is 9.86. The van der Waals surface area contributed by atoms with Gasteiger partial charge in [-0.2, -0.15) is 0 Å². The molecule has 0 spiro atoms. The third-order valence-corrected chi connectivity index (χ3v) is 3.32. The average Bonchev–Trinajstić information content (AvgIpc) is 2.51. The Labute approximate surface area is 110 Å². The fourth-order valence-corrected chi connectivity index (χ4v) is 2.24. The molecule has 0 saturated heterocycles. The van der Waals surface area contributed by atoms with Gasteiger partial charge in [-0.1, -0.05) is 0 Å². The minimum atomic E-state index is -1.55. The Morgan fingerprint density at radius 1 is 1.32 bits per heavy atom. The number of carbonyl (C=O) groups excluding carboxylic acids is 2.